The topological polar surface area (TPSA) is 107 Å². The molecule has 0 aromatic heterocycles. The van der Waals surface area contributed by atoms with Gasteiger partial charge in [0.2, 0.25) is 0 Å². The predicted molar refractivity (Wildman–Crippen MR) is 54.1 cm³/mol. The number of sulfonamides is 1. The summed E-state index contributed by atoms with van der Waals surface area (Å²) in [5, 5.41) is 17.0. The zero-order valence-corrected chi connectivity index (χ0v) is 9.08. The van der Waals surface area contributed by atoms with Gasteiger partial charge >= 0.3 is 5.97 Å². The second kappa shape index (κ2) is 4.20. The van der Waals surface area contributed by atoms with E-state index in [2.05, 4.69) is 0 Å². The molecule has 0 amide bonds. The number of carboxylic acids is 1. The van der Waals surface area contributed by atoms with Gasteiger partial charge in [0.1, 0.15) is 0 Å². The summed E-state index contributed by atoms with van der Waals surface area (Å²) in [7, 11) is -3.96. The molecule has 2 N–H and O–H groups in total. The highest BCUT2D eigenvalue weighted by atomic mass is 32.2. The fourth-order valence-electron chi connectivity index (χ4n) is 1.12. The number of aromatic carboxylic acids is 1. The van der Waals surface area contributed by atoms with Crippen molar-refractivity contribution in [2.45, 2.75) is 11.8 Å². The number of aryl methyl sites for hydroxylation is 1. The fourth-order valence-corrected chi connectivity index (χ4v) is 1.88. The highest BCUT2D eigenvalue weighted by Gasteiger charge is 2.16. The van der Waals surface area contributed by atoms with E-state index in [-0.39, 0.29) is 10.5 Å². The van der Waals surface area contributed by atoms with E-state index in [0.717, 1.165) is 6.07 Å². The van der Waals surface area contributed by atoms with Gasteiger partial charge in [0.05, 0.1) is 10.5 Å². The van der Waals surface area contributed by atoms with Crippen LogP contribution < -0.4 is 4.72 Å². The molecule has 0 atom stereocenters. The number of hydrogen-bond acceptors (Lipinski definition) is 4. The van der Waals surface area contributed by atoms with Gasteiger partial charge in [-0.2, -0.15) is 5.26 Å². The Morgan fingerprint density at radius 2 is 2.12 bits per heavy atom. The molecule has 0 radical (unpaired) electrons. The molecule has 0 aliphatic rings. The molecule has 0 bridgehead atoms. The standard InChI is InChI=1S/C9H8N2O4S/c1-6-2-3-7(4-8(6)9(12)13)16(14,15)11-5-10/h2-4,11H,1H3,(H,12,13). The van der Waals surface area contributed by atoms with Gasteiger partial charge < -0.3 is 5.11 Å². The number of nitriles is 1. The van der Waals surface area contributed by atoms with Crippen molar-refractivity contribution in [2.24, 2.45) is 0 Å². The smallest absolute Gasteiger partial charge is 0.335 e. The first-order valence-corrected chi connectivity index (χ1v) is 5.61. The van der Waals surface area contributed by atoms with Crippen LogP contribution in [0, 0.1) is 18.4 Å². The summed E-state index contributed by atoms with van der Waals surface area (Å²) in [5.74, 6) is -1.22. The largest absolute Gasteiger partial charge is 0.478 e. The molecule has 0 saturated carbocycles. The van der Waals surface area contributed by atoms with Crippen LogP contribution in [-0.4, -0.2) is 19.5 Å². The summed E-state index contributed by atoms with van der Waals surface area (Å²) >= 11 is 0. The van der Waals surface area contributed by atoms with Crippen molar-refractivity contribution in [2.75, 3.05) is 0 Å². The Morgan fingerprint density at radius 3 is 2.62 bits per heavy atom. The Bertz CT molecular complexity index is 572. The second-order valence-electron chi connectivity index (χ2n) is 3.00. The molecule has 1 aromatic rings. The van der Waals surface area contributed by atoms with Crippen LogP contribution in [0.5, 0.6) is 0 Å². The molecule has 6 nitrogen and oxygen atoms in total. The summed E-state index contributed by atoms with van der Waals surface area (Å²) in [5.41, 5.74) is 0.337. The second-order valence-corrected chi connectivity index (χ2v) is 4.68. The first-order valence-electron chi connectivity index (χ1n) is 4.13. The van der Waals surface area contributed by atoms with Crippen molar-refractivity contribution in [1.29, 1.82) is 5.26 Å². The average Bonchev–Trinajstić information content (AvgIpc) is 2.17. The van der Waals surface area contributed by atoms with Gasteiger partial charge in [0.25, 0.3) is 10.0 Å². The molecular weight excluding hydrogens is 232 g/mol. The first kappa shape index (κ1) is 12.0. The average molecular weight is 240 g/mol. The lowest BCUT2D eigenvalue weighted by molar-refractivity contribution is 0.0696. The van der Waals surface area contributed by atoms with E-state index in [1.165, 1.54) is 18.3 Å². The highest BCUT2D eigenvalue weighted by molar-refractivity contribution is 7.89. The number of nitrogens with one attached hydrogen (secondary N) is 1. The van der Waals surface area contributed by atoms with E-state index in [9.17, 15) is 13.2 Å². The summed E-state index contributed by atoms with van der Waals surface area (Å²) in [6, 6.07) is 3.62. The Morgan fingerprint density at radius 1 is 1.50 bits per heavy atom. The van der Waals surface area contributed by atoms with E-state index in [1.807, 2.05) is 0 Å². The molecule has 0 fully saturated rings. The zero-order chi connectivity index (χ0) is 12.3. The SMILES string of the molecule is Cc1ccc(S(=O)(=O)NC#N)cc1C(=O)O. The number of rotatable bonds is 3. The minimum absolute atomic E-state index is 0.110. The van der Waals surface area contributed by atoms with Crippen molar-refractivity contribution in [1.82, 2.24) is 4.72 Å². The van der Waals surface area contributed by atoms with Crippen LogP contribution >= 0.6 is 0 Å². The third kappa shape index (κ3) is 2.29. The van der Waals surface area contributed by atoms with Crippen molar-refractivity contribution >= 4 is 16.0 Å². The van der Waals surface area contributed by atoms with Gasteiger partial charge in [-0.15, -0.1) is 0 Å². The Labute approximate surface area is 92.2 Å². The van der Waals surface area contributed by atoms with Crippen LogP contribution in [0.25, 0.3) is 0 Å². The minimum Gasteiger partial charge on any atom is -0.478 e. The van der Waals surface area contributed by atoms with Crippen LogP contribution in [0.3, 0.4) is 0 Å². The van der Waals surface area contributed by atoms with Crippen LogP contribution in [0.2, 0.25) is 0 Å². The van der Waals surface area contributed by atoms with Gasteiger partial charge in [-0.05, 0) is 24.6 Å². The molecule has 0 spiro atoms. The summed E-state index contributed by atoms with van der Waals surface area (Å²) in [6.07, 6.45) is 1.28. The van der Waals surface area contributed by atoms with Gasteiger partial charge in [0.15, 0.2) is 6.19 Å². The normalized spacial score (nSPS) is 10.5. The maximum atomic E-state index is 11.4. The Balaban J connectivity index is 3.35. The Kier molecular flexibility index (Phi) is 3.15. The van der Waals surface area contributed by atoms with Crippen molar-refractivity contribution in [3.05, 3.63) is 29.3 Å². The molecule has 0 aliphatic heterocycles. The van der Waals surface area contributed by atoms with Gasteiger partial charge in [-0.3, -0.25) is 0 Å². The molecule has 16 heavy (non-hydrogen) atoms. The molecule has 7 heteroatoms. The van der Waals surface area contributed by atoms with Crippen LogP contribution in [0.1, 0.15) is 15.9 Å². The predicted octanol–water partition coefficient (Wildman–Crippen LogP) is 0.453. The third-order valence-corrected chi connectivity index (χ3v) is 3.16. The molecule has 0 heterocycles. The molecule has 1 aromatic carbocycles. The maximum absolute atomic E-state index is 11.4. The molecule has 0 aliphatic carbocycles. The van der Waals surface area contributed by atoms with Gasteiger partial charge in [0, 0.05) is 0 Å². The van der Waals surface area contributed by atoms with E-state index in [4.69, 9.17) is 10.4 Å². The van der Waals surface area contributed by atoms with Crippen molar-refractivity contribution in [3.63, 3.8) is 0 Å². The quantitative estimate of drug-likeness (QED) is 0.589. The Hall–Kier alpha value is -2.07. The summed E-state index contributed by atoms with van der Waals surface area (Å²) < 4.78 is 24.4. The molecule has 84 valence electrons. The first-order chi connectivity index (χ1) is 7.38. The van der Waals surface area contributed by atoms with Crippen molar-refractivity contribution in [3.8, 4) is 6.19 Å². The number of nitrogens with zero attached hydrogens (tertiary/aromatic N) is 1. The molecule has 1 rings (SSSR count). The van der Waals surface area contributed by atoms with Gasteiger partial charge in [-0.1, -0.05) is 6.07 Å². The highest BCUT2D eigenvalue weighted by Crippen LogP contribution is 2.15. The number of hydrogen-bond donors (Lipinski definition) is 2. The van der Waals surface area contributed by atoms with Crippen molar-refractivity contribution < 1.29 is 18.3 Å². The van der Waals surface area contributed by atoms with Crippen LogP contribution in [0.15, 0.2) is 23.1 Å². The van der Waals surface area contributed by atoms with Crippen LogP contribution in [0.4, 0.5) is 0 Å². The van der Waals surface area contributed by atoms with E-state index in [0.29, 0.717) is 5.56 Å². The van der Waals surface area contributed by atoms with E-state index >= 15 is 0 Å². The lowest BCUT2D eigenvalue weighted by atomic mass is 10.1. The number of carboxylic acid groups (broad SMARTS) is 1. The number of benzene rings is 1. The lowest BCUT2D eigenvalue weighted by Crippen LogP contribution is -2.18. The molecule has 0 saturated heterocycles. The summed E-state index contributed by atoms with van der Waals surface area (Å²) in [6.45, 7) is 1.55. The zero-order valence-electron chi connectivity index (χ0n) is 8.26. The number of carbonyl (C=O) groups is 1. The monoisotopic (exact) mass is 240 g/mol. The lowest BCUT2D eigenvalue weighted by Gasteiger charge is -2.04. The maximum Gasteiger partial charge on any atom is 0.335 e. The van der Waals surface area contributed by atoms with Gasteiger partial charge in [-0.25, -0.2) is 17.9 Å². The summed E-state index contributed by atoms with van der Waals surface area (Å²) in [4.78, 5) is 10.5. The fraction of sp³-hybridized carbons (Fsp3) is 0.111. The van der Waals surface area contributed by atoms with E-state index in [1.54, 1.807) is 11.6 Å². The molecular formula is C9H8N2O4S. The molecule has 0 unspecified atom stereocenters. The third-order valence-electron chi connectivity index (χ3n) is 1.93. The van der Waals surface area contributed by atoms with E-state index < -0.39 is 16.0 Å². The van der Waals surface area contributed by atoms with Crippen LogP contribution in [-0.2, 0) is 10.0 Å². The minimum atomic E-state index is -3.96.